The highest BCUT2D eigenvalue weighted by molar-refractivity contribution is 6.25. The molecule has 28 heteroatoms. The molecule has 0 radical (unpaired) electrons. The predicted molar refractivity (Wildman–Crippen MR) is 250 cm³/mol. The standard InChI is InChI=1S/C45H53N13O15/c1-19-31(35(62)30-23(18-73-44(47)71)45(72-2)36-27(54-36)17-58(45)33(30)34(19)61)48-14-4-3-5-24(40(65)66)52-28(59)12-10-25(41(67)68)53-29(60)13-11-26(42(69)70)55-38(63)20-6-8-21(9-7-20)49-15-22-16-50-37-32(51-22)39(64)57-43(46)56-37/h6-9,16,23-27,36,48-49,54H,3-5,10-15,17-18H2,1-2H3,(H2,47,71)(H,52,59)(H,53,60)(H,55,63)(H,65,66)(H,67,68)(H,69,70)(H3,46,50,56,57,64)/t23-,24?,25?,26?,27+,36+,45-/m1/s1. The molecule has 7 atom stereocenters. The van der Waals surface area contributed by atoms with Crippen LogP contribution < -0.4 is 48.9 Å². The molecule has 0 bridgehead atoms. The number of carbonyl (C=O) groups excluding carboxylic acids is 6. The van der Waals surface area contributed by atoms with Gasteiger partial charge < -0.3 is 73.1 Å². The number of nitrogen functional groups attached to an aromatic ring is 1. The van der Waals surface area contributed by atoms with Gasteiger partial charge in [-0.25, -0.2) is 29.1 Å². The number of H-pyrrole nitrogens is 1. The van der Waals surface area contributed by atoms with Crippen molar-refractivity contribution in [1.82, 2.24) is 51.4 Å². The van der Waals surface area contributed by atoms with Crippen LogP contribution in [-0.2, 0) is 49.6 Å². The number of primary amides is 1. The van der Waals surface area contributed by atoms with Crippen molar-refractivity contribution in [2.24, 2.45) is 11.7 Å². The van der Waals surface area contributed by atoms with Crippen molar-refractivity contribution in [2.75, 3.05) is 37.9 Å². The Morgan fingerprint density at radius 3 is 2.11 bits per heavy atom. The zero-order chi connectivity index (χ0) is 52.9. The lowest BCUT2D eigenvalue weighted by molar-refractivity contribution is -0.143. The number of rotatable bonds is 25. The molecular formula is C45H53N13O15. The van der Waals surface area contributed by atoms with Crippen LogP contribution in [0.5, 0.6) is 0 Å². The van der Waals surface area contributed by atoms with Gasteiger partial charge in [-0.3, -0.25) is 33.8 Å². The van der Waals surface area contributed by atoms with E-state index in [9.17, 15) is 63.3 Å². The minimum atomic E-state index is -1.61. The molecule has 1 aromatic carbocycles. The average molecular weight is 1020 g/mol. The summed E-state index contributed by atoms with van der Waals surface area (Å²) in [5.74, 6) is -8.67. The van der Waals surface area contributed by atoms with Crippen LogP contribution in [0, 0.1) is 5.92 Å². The fourth-order valence-electron chi connectivity index (χ4n) is 9.28. The number of nitrogens with zero attached hydrogens (tertiary/aromatic N) is 4. The van der Waals surface area contributed by atoms with Crippen molar-refractivity contribution < 1.29 is 67.9 Å². The Balaban J connectivity index is 0.828. The number of nitrogens with one attached hydrogen (secondary N) is 7. The Morgan fingerprint density at radius 2 is 1.49 bits per heavy atom. The molecule has 0 saturated carbocycles. The Labute approximate surface area is 413 Å². The van der Waals surface area contributed by atoms with Gasteiger partial charge in [0.2, 0.25) is 29.3 Å². The van der Waals surface area contributed by atoms with Crippen molar-refractivity contribution >= 4 is 76.1 Å². The maximum absolute atomic E-state index is 14.0. The van der Waals surface area contributed by atoms with E-state index in [1.165, 1.54) is 44.5 Å². The Kier molecular flexibility index (Phi) is 15.7. The number of fused-ring (bicyclic) bond motifs is 5. The summed E-state index contributed by atoms with van der Waals surface area (Å²) in [5, 5.41) is 45.6. The molecule has 73 heavy (non-hydrogen) atoms. The van der Waals surface area contributed by atoms with Crippen molar-refractivity contribution in [3.8, 4) is 0 Å². The Morgan fingerprint density at radius 1 is 0.863 bits per heavy atom. The molecule has 14 N–H and O–H groups in total. The van der Waals surface area contributed by atoms with Gasteiger partial charge in [0.25, 0.3) is 11.5 Å². The second-order valence-corrected chi connectivity index (χ2v) is 17.6. The first-order valence-corrected chi connectivity index (χ1v) is 23.0. The molecule has 4 aliphatic rings. The Bertz CT molecular complexity index is 2890. The number of carboxylic acid groups (broad SMARTS) is 3. The molecule has 2 saturated heterocycles. The number of unbranched alkanes of at least 4 members (excludes halogenated alkanes) is 1. The first-order chi connectivity index (χ1) is 34.7. The molecule has 5 heterocycles. The molecule has 388 valence electrons. The lowest BCUT2D eigenvalue weighted by Gasteiger charge is -2.39. The molecule has 3 unspecified atom stereocenters. The van der Waals surface area contributed by atoms with Gasteiger partial charge in [-0.15, -0.1) is 0 Å². The van der Waals surface area contributed by atoms with E-state index in [0.29, 0.717) is 17.9 Å². The summed E-state index contributed by atoms with van der Waals surface area (Å²) in [6, 6.07) is 1.13. The second-order valence-electron chi connectivity index (χ2n) is 17.6. The number of hydrogen-bond donors (Lipinski definition) is 12. The van der Waals surface area contributed by atoms with Crippen LogP contribution in [0.2, 0.25) is 0 Å². The van der Waals surface area contributed by atoms with E-state index in [1.54, 1.807) is 4.90 Å². The van der Waals surface area contributed by atoms with Crippen molar-refractivity contribution in [3.63, 3.8) is 0 Å². The number of carboxylic acids is 3. The number of nitrogens with two attached hydrogens (primary N) is 2. The largest absolute Gasteiger partial charge is 0.480 e. The van der Waals surface area contributed by atoms with Gasteiger partial charge in [0.15, 0.2) is 16.9 Å². The van der Waals surface area contributed by atoms with E-state index < -0.39 is 114 Å². The van der Waals surface area contributed by atoms with Crippen molar-refractivity contribution in [3.05, 3.63) is 74.6 Å². The van der Waals surface area contributed by atoms with E-state index >= 15 is 0 Å². The fourth-order valence-corrected chi connectivity index (χ4v) is 9.28. The number of methoxy groups -OCH3 is 1. The minimum absolute atomic E-state index is 0.00537. The number of aliphatic carboxylic acids is 3. The second kappa shape index (κ2) is 21.9. The number of aromatic nitrogens is 4. The summed E-state index contributed by atoms with van der Waals surface area (Å²) in [4.78, 5) is 143. The quantitative estimate of drug-likeness (QED) is 0.0247. The van der Waals surface area contributed by atoms with Crippen LogP contribution in [0.25, 0.3) is 11.2 Å². The van der Waals surface area contributed by atoms with Gasteiger partial charge in [0, 0.05) is 61.5 Å². The number of carbonyl (C=O) groups is 9. The summed E-state index contributed by atoms with van der Waals surface area (Å²) in [6.45, 7) is 1.86. The summed E-state index contributed by atoms with van der Waals surface area (Å²) in [7, 11) is 1.45. The zero-order valence-electron chi connectivity index (χ0n) is 39.3. The molecule has 0 spiro atoms. The van der Waals surface area contributed by atoms with Gasteiger partial charge in [-0.1, -0.05) is 0 Å². The SMILES string of the molecule is CO[C@@]12[C@H](COC(N)=O)C3=C(C(=O)C(C)=C(NCCCCC(NC(=O)CCC(NC(=O)CCC(NC(=O)c4ccc(NCc5cnc6nc(N)[nH]c(=O)c6n5)cc4)C(=O)O)C(=O)O)C(=O)O)C3=O)N1C[C@@H]1N[C@@H]12. The number of aromatic amines is 1. The number of ether oxygens (including phenoxy) is 2. The van der Waals surface area contributed by atoms with Crippen molar-refractivity contribution in [2.45, 2.75) is 94.3 Å². The normalized spacial score (nSPS) is 20.8. The van der Waals surface area contributed by atoms with Gasteiger partial charge in [0.05, 0.1) is 41.8 Å². The molecule has 2 aromatic heterocycles. The lowest BCUT2D eigenvalue weighted by atomic mass is 9.82. The molecule has 1 aliphatic carbocycles. The lowest BCUT2D eigenvalue weighted by Crippen LogP contribution is -2.55. The summed E-state index contributed by atoms with van der Waals surface area (Å²) >= 11 is 0. The third kappa shape index (κ3) is 11.3. The van der Waals surface area contributed by atoms with Crippen LogP contribution in [0.15, 0.2) is 57.8 Å². The summed E-state index contributed by atoms with van der Waals surface area (Å²) in [6.07, 6.45) is -1.14. The monoisotopic (exact) mass is 1020 g/mol. The number of allylic oxidation sites excluding steroid dienone is 2. The number of piperazine rings is 1. The van der Waals surface area contributed by atoms with E-state index in [2.05, 4.69) is 51.8 Å². The highest BCUT2D eigenvalue weighted by Gasteiger charge is 2.72. The smallest absolute Gasteiger partial charge is 0.404 e. The van der Waals surface area contributed by atoms with E-state index in [1.807, 2.05) is 0 Å². The van der Waals surface area contributed by atoms with E-state index in [4.69, 9.17) is 20.9 Å². The van der Waals surface area contributed by atoms with E-state index in [-0.39, 0.29) is 96.3 Å². The maximum Gasteiger partial charge on any atom is 0.404 e. The number of amides is 4. The van der Waals surface area contributed by atoms with Gasteiger partial charge in [0.1, 0.15) is 24.7 Å². The zero-order valence-corrected chi connectivity index (χ0v) is 39.3. The van der Waals surface area contributed by atoms with Crippen LogP contribution in [-0.4, -0.2) is 156 Å². The van der Waals surface area contributed by atoms with Crippen molar-refractivity contribution in [1.29, 1.82) is 0 Å². The highest BCUT2D eigenvalue weighted by Crippen LogP contribution is 2.55. The van der Waals surface area contributed by atoms with Crippen LogP contribution in [0.1, 0.15) is 67.9 Å². The Hall–Kier alpha value is -8.53. The number of anilines is 2. The first kappa shape index (κ1) is 52.3. The molecule has 2 fully saturated rings. The van der Waals surface area contributed by atoms with Crippen LogP contribution in [0.3, 0.4) is 0 Å². The molecule has 3 aromatic rings. The summed E-state index contributed by atoms with van der Waals surface area (Å²) in [5.41, 5.74) is 10.7. The number of benzene rings is 1. The van der Waals surface area contributed by atoms with Gasteiger partial charge in [-0.05, 0) is 63.3 Å². The van der Waals surface area contributed by atoms with E-state index in [0.717, 1.165) is 0 Å². The molecular weight excluding hydrogens is 963 g/mol. The maximum atomic E-state index is 14.0. The molecule has 4 amide bonds. The molecule has 7 rings (SSSR count). The average Bonchev–Trinajstić information content (AvgIpc) is 3.96. The third-order valence-electron chi connectivity index (χ3n) is 12.9. The predicted octanol–water partition coefficient (Wildman–Crippen LogP) is -2.05. The number of Topliss-reactive ketones (excluding diaryl/α,β-unsaturated/α-hetero) is 2. The first-order valence-electron chi connectivity index (χ1n) is 23.0. The highest BCUT2D eigenvalue weighted by atomic mass is 16.6. The minimum Gasteiger partial charge on any atom is -0.480 e. The van der Waals surface area contributed by atoms with Crippen LogP contribution >= 0.6 is 0 Å². The molecule has 28 nitrogen and oxygen atoms in total. The van der Waals surface area contributed by atoms with Crippen LogP contribution in [0.4, 0.5) is 16.4 Å². The number of hydrogen-bond acceptors (Lipinski definition) is 20. The topological polar surface area (TPSA) is 442 Å². The fraction of sp³-hybridized carbons (Fsp3) is 0.444. The summed E-state index contributed by atoms with van der Waals surface area (Å²) < 4.78 is 11.1. The van der Waals surface area contributed by atoms with Gasteiger partial charge >= 0.3 is 24.0 Å². The number of ketones is 2. The molecule has 3 aliphatic heterocycles. The third-order valence-corrected chi connectivity index (χ3v) is 12.9. The van der Waals surface area contributed by atoms with Gasteiger partial charge in [-0.2, -0.15) is 4.98 Å².